The first-order chi connectivity index (χ1) is 58.7. The predicted molar refractivity (Wildman–Crippen MR) is 453 cm³/mol. The van der Waals surface area contributed by atoms with Crippen LogP contribution >= 0.6 is 30.5 Å². The average molecular weight is 1760 g/mol. The summed E-state index contributed by atoms with van der Waals surface area (Å²) in [6.07, 6.45) is 1.44. The maximum Gasteiger partial charge on any atom is 0.345 e. The Morgan fingerprint density at radius 3 is 2.17 bits per heavy atom. The summed E-state index contributed by atoms with van der Waals surface area (Å²) in [6.45, 7) is 8.41. The maximum absolute atomic E-state index is 14.6. The first-order valence-electron chi connectivity index (χ1n) is 39.8. The zero-order valence-electron chi connectivity index (χ0n) is 68.7. The Hall–Kier alpha value is -11.9. The molecule has 0 radical (unpaired) electrons. The van der Waals surface area contributed by atoms with E-state index in [4.69, 9.17) is 46.0 Å². The van der Waals surface area contributed by atoms with Crippen LogP contribution in [0.5, 0.6) is 23.1 Å². The number of nitrogens with zero attached hydrogens (tertiary/aromatic N) is 8. The smallest absolute Gasteiger partial charge is 0.345 e. The molecule has 10 rings (SSSR count). The highest BCUT2D eigenvalue weighted by Gasteiger charge is 2.35. The molecule has 3 aromatic heterocycles. The summed E-state index contributed by atoms with van der Waals surface area (Å²) in [4.78, 5) is 173. The number of benzene rings is 5. The van der Waals surface area contributed by atoms with Crippen LogP contribution in [0.1, 0.15) is 86.7 Å². The number of likely N-dealkylation sites (N-methyl/N-ethyl adjacent to an activating group) is 2. The van der Waals surface area contributed by atoms with Crippen LogP contribution in [0.4, 0.5) is 14.9 Å². The number of rotatable bonds is 45. The maximum atomic E-state index is 14.6. The van der Waals surface area contributed by atoms with E-state index in [0.29, 0.717) is 127 Å². The van der Waals surface area contributed by atoms with Gasteiger partial charge < -0.3 is 85.4 Å². The van der Waals surface area contributed by atoms with E-state index >= 15 is 0 Å². The minimum Gasteiger partial charge on any atom is -0.496 e. The summed E-state index contributed by atoms with van der Waals surface area (Å²) in [5, 5.41) is 34.6. The molecule has 0 bridgehead atoms. The molecule has 1 saturated heterocycles. The van der Waals surface area contributed by atoms with Crippen LogP contribution in [0.2, 0.25) is 5.02 Å². The number of methoxy groups -OCH3 is 1. The van der Waals surface area contributed by atoms with Crippen molar-refractivity contribution in [3.05, 3.63) is 173 Å². The number of carbonyl (C=O) groups excluding carboxylic acids is 8. The number of hydrogen-bond acceptors (Lipinski definition) is 22. The number of urea groups is 1. The molecule has 4 atom stereocenters. The summed E-state index contributed by atoms with van der Waals surface area (Å²) in [6, 6.07) is 26.1. The SMILES string of the molecule is COc1ccccc1-c1nccc(COc2ccccc2C[C@@H](Oc2ncnc3sc(-c4ccc(F)cc4)c(-c4ccc(OCCN5CC[N+](C)(Cc6ccc(NC(=O)[C@H](CCCNC(N)=O)NC(=O)[C@@H](NC(=O)CCOCCN7C(=O)C=CC7=O)C(C)C)cc6CN(C)C(=O)[C@@H](CCC(=O)O)NC(=O)CCCP(=O)(O)O)CC5)c(Cl)c4C)c23)C(=O)O)n1. The van der Waals surface area contributed by atoms with Gasteiger partial charge in [-0.2, -0.15) is 0 Å². The monoisotopic (exact) mass is 1750 g/mol. The summed E-state index contributed by atoms with van der Waals surface area (Å²) >= 11 is 8.59. The van der Waals surface area contributed by atoms with Crippen LogP contribution in [-0.2, 0) is 78.6 Å². The van der Waals surface area contributed by atoms with E-state index in [1.54, 1.807) is 93.9 Å². The molecule has 5 aromatic carbocycles. The molecule has 5 heterocycles. The highest BCUT2D eigenvalue weighted by Crippen LogP contribution is 2.50. The molecule has 34 nitrogen and oxygen atoms in total. The van der Waals surface area contributed by atoms with Gasteiger partial charge >= 0.3 is 25.6 Å². The van der Waals surface area contributed by atoms with E-state index < -0.39 is 115 Å². The molecular weight excluding hydrogens is 1650 g/mol. The summed E-state index contributed by atoms with van der Waals surface area (Å²) in [5.41, 5.74) is 11.0. The van der Waals surface area contributed by atoms with Gasteiger partial charge in [-0.25, -0.2) is 33.9 Å². The number of fused-ring (bicyclic) bond motifs is 1. The molecule has 2 aliphatic heterocycles. The Bertz CT molecular complexity index is 5230. The van der Waals surface area contributed by atoms with Crippen molar-refractivity contribution in [2.75, 3.05) is 98.3 Å². The second-order valence-corrected chi connectivity index (χ2v) is 33.4. The standard InChI is InChI=1S/C85H99ClFN14O20PS/c1-51(2)76(97-69(103)32-41-118-42-38-100-70(104)28-29-71(100)105)80(109)96-62(15-11-33-90-85(88)113)79(108)94-58-24-21-55(56(45-58)47-98(4)83(110)63(26-30-72(106)107)95-68(102)18-12-44-122(114,115)116)48-101(5)39-35-99(36-40-101)37-43-119-66-27-25-60(52(3)75(66)86)73-74-81(91-50-92-82(74)123-77(73)53-19-22-57(87)23-20-53)121-67(84(111)112)46-54-13-7-9-16-64(54)120-49-59-31-34-89-78(93-59)61-14-8-10-17-65(61)117-6/h7-10,13-14,16-17,19-25,27-29,31,34,45,50-51,62-63,67,76H,11-12,15,18,26,30,32-33,35-44,46-49H2,1-6H3,(H10-,88,90,94,95,96,97,102,103,106,107,108,109,111,112,113,114,115,116)/p+1/t62-,63+,67+,76-/m0/s1. The van der Waals surface area contributed by atoms with Crippen molar-refractivity contribution in [2.24, 2.45) is 11.7 Å². The molecule has 654 valence electrons. The molecule has 1 fully saturated rings. The van der Waals surface area contributed by atoms with Crippen molar-refractivity contribution in [2.45, 2.75) is 116 Å². The number of aromatic nitrogens is 4. The number of thiophene rings is 1. The fourth-order valence-corrected chi connectivity index (χ4v) is 16.0. The molecule has 0 spiro atoms. The number of imide groups is 1. The van der Waals surface area contributed by atoms with Gasteiger partial charge in [-0.05, 0) is 121 Å². The van der Waals surface area contributed by atoms with Crippen LogP contribution in [0.3, 0.4) is 0 Å². The number of hydrogen-bond donors (Lipinski definition) is 10. The number of aliphatic carboxylic acids is 2. The molecular formula is C85H100ClFN14O20PS+. The number of amides is 9. The Labute approximate surface area is 717 Å². The van der Waals surface area contributed by atoms with Crippen LogP contribution in [0.15, 0.2) is 134 Å². The lowest BCUT2D eigenvalue weighted by atomic mass is 9.96. The van der Waals surface area contributed by atoms with Gasteiger partial charge in [0, 0.05) is 105 Å². The van der Waals surface area contributed by atoms with Crippen LogP contribution in [-0.4, -0.2) is 236 Å². The number of quaternary nitrogens is 1. The van der Waals surface area contributed by atoms with Gasteiger partial charge in [-0.15, -0.1) is 11.3 Å². The van der Waals surface area contributed by atoms with Gasteiger partial charge in [-0.3, -0.25) is 52.7 Å². The lowest BCUT2D eigenvalue weighted by molar-refractivity contribution is -0.926. The number of piperazine rings is 1. The number of nitrogens with two attached hydrogens (primary N) is 1. The normalized spacial score (nSPS) is 14.3. The first-order valence-corrected chi connectivity index (χ1v) is 42.8. The molecule has 11 N–H and O–H groups in total. The second kappa shape index (κ2) is 43.7. The van der Waals surface area contributed by atoms with E-state index in [-0.39, 0.29) is 108 Å². The molecule has 2 aliphatic rings. The number of nitrogens with one attached hydrogen (secondary N) is 5. The number of ether oxygens (including phenoxy) is 5. The lowest BCUT2D eigenvalue weighted by Crippen LogP contribution is -2.57. The highest BCUT2D eigenvalue weighted by molar-refractivity contribution is 7.51. The molecule has 0 aliphatic carbocycles. The molecule has 38 heteroatoms. The zero-order valence-corrected chi connectivity index (χ0v) is 71.2. The minimum absolute atomic E-state index is 0.0205. The second-order valence-electron chi connectivity index (χ2n) is 30.3. The van der Waals surface area contributed by atoms with E-state index in [2.05, 4.69) is 53.5 Å². The van der Waals surface area contributed by atoms with Crippen molar-refractivity contribution in [3.8, 4) is 56.1 Å². The highest BCUT2D eigenvalue weighted by atomic mass is 35.5. The van der Waals surface area contributed by atoms with Gasteiger partial charge in [0.1, 0.15) is 72.1 Å². The lowest BCUT2D eigenvalue weighted by Gasteiger charge is -2.42. The quantitative estimate of drug-likeness (QED) is 0.00743. The average Bonchev–Trinajstić information content (AvgIpc) is 1.59. The fraction of sp³-hybridized carbons (Fsp3) is 0.388. The first kappa shape index (κ1) is 93.4. The van der Waals surface area contributed by atoms with Crippen molar-refractivity contribution in [3.63, 3.8) is 0 Å². The van der Waals surface area contributed by atoms with Gasteiger partial charge in [0.15, 0.2) is 5.82 Å². The molecule has 0 saturated carbocycles. The number of para-hydroxylation sites is 2. The van der Waals surface area contributed by atoms with Crippen molar-refractivity contribution < 1.29 is 105 Å². The zero-order chi connectivity index (χ0) is 88.7. The number of carboxylic acids is 2. The number of primary amides is 1. The van der Waals surface area contributed by atoms with Crippen LogP contribution < -0.4 is 51.3 Å². The number of carbonyl (C=O) groups is 10. The van der Waals surface area contributed by atoms with Crippen LogP contribution in [0.25, 0.3) is 43.2 Å². The summed E-state index contributed by atoms with van der Waals surface area (Å²) in [7, 11) is 0.624. The predicted octanol–water partition coefficient (Wildman–Crippen LogP) is 8.20. The third-order valence-corrected chi connectivity index (χ3v) is 23.3. The third-order valence-electron chi connectivity index (χ3n) is 20.7. The van der Waals surface area contributed by atoms with Gasteiger partial charge in [0.25, 0.3) is 11.8 Å². The van der Waals surface area contributed by atoms with E-state index in [0.717, 1.165) is 22.6 Å². The van der Waals surface area contributed by atoms with E-state index in [9.17, 15) is 76.9 Å². The topological polar surface area (TPSA) is 462 Å². The van der Waals surface area contributed by atoms with Crippen molar-refractivity contribution in [1.82, 2.24) is 55.9 Å². The van der Waals surface area contributed by atoms with Gasteiger partial charge in [-0.1, -0.05) is 80.0 Å². The number of halogens is 2. The summed E-state index contributed by atoms with van der Waals surface area (Å²) < 4.78 is 57.0. The minimum atomic E-state index is -4.47. The van der Waals surface area contributed by atoms with E-state index in [1.165, 1.54) is 41.7 Å². The van der Waals surface area contributed by atoms with Crippen molar-refractivity contribution in [1.29, 1.82) is 0 Å². The summed E-state index contributed by atoms with van der Waals surface area (Å²) in [5.74, 6) is -6.08. The third kappa shape index (κ3) is 26.6. The Balaban J connectivity index is 0.834. The number of anilines is 1. The fourth-order valence-electron chi connectivity index (χ4n) is 14.1. The van der Waals surface area contributed by atoms with Gasteiger partial charge in [0.05, 0.1) is 74.8 Å². The Kier molecular flexibility index (Phi) is 33.2. The molecule has 8 aromatic rings. The Morgan fingerprint density at radius 1 is 0.756 bits per heavy atom. The van der Waals surface area contributed by atoms with Crippen molar-refractivity contribution >= 4 is 106 Å². The molecule has 123 heavy (non-hydrogen) atoms. The van der Waals surface area contributed by atoms with Gasteiger partial charge in [0.2, 0.25) is 41.5 Å². The number of carboxylic acid groups (broad SMARTS) is 2. The molecule has 0 unspecified atom stereocenters. The van der Waals surface area contributed by atoms with E-state index in [1.807, 2.05) is 37.3 Å². The largest absolute Gasteiger partial charge is 0.496 e. The Morgan fingerprint density at radius 2 is 1.47 bits per heavy atom. The van der Waals surface area contributed by atoms with Crippen LogP contribution in [0, 0.1) is 18.7 Å². The molecule has 9 amide bonds.